The van der Waals surface area contributed by atoms with E-state index in [9.17, 15) is 9.18 Å². The van der Waals surface area contributed by atoms with Crippen molar-refractivity contribution in [3.05, 3.63) is 89.5 Å². The molecule has 2 aromatic carbocycles. The average Bonchev–Trinajstić information content (AvgIpc) is 2.70. The van der Waals surface area contributed by atoms with Gasteiger partial charge in [0.25, 0.3) is 5.91 Å². The summed E-state index contributed by atoms with van der Waals surface area (Å²) in [4.78, 5) is 16.6. The summed E-state index contributed by atoms with van der Waals surface area (Å²) in [6, 6.07) is 16.1. The Balaban J connectivity index is 1.57. The van der Waals surface area contributed by atoms with Crippen LogP contribution in [0.4, 0.5) is 15.8 Å². The highest BCUT2D eigenvalue weighted by Crippen LogP contribution is 2.18. The molecule has 4 nitrogen and oxygen atoms in total. The van der Waals surface area contributed by atoms with E-state index in [-0.39, 0.29) is 11.7 Å². The van der Waals surface area contributed by atoms with Crippen molar-refractivity contribution < 1.29 is 9.18 Å². The number of hydrogen-bond donors (Lipinski definition) is 2. The zero-order chi connectivity index (χ0) is 19.9. The molecule has 1 amide bonds. The molecule has 0 saturated heterocycles. The van der Waals surface area contributed by atoms with Gasteiger partial charge < -0.3 is 10.6 Å². The molecule has 0 unspecified atom stereocenters. The molecule has 0 spiro atoms. The quantitative estimate of drug-likeness (QED) is 0.591. The van der Waals surface area contributed by atoms with Gasteiger partial charge >= 0.3 is 0 Å². The van der Waals surface area contributed by atoms with Crippen LogP contribution in [0, 0.1) is 5.82 Å². The van der Waals surface area contributed by atoms with Gasteiger partial charge in [-0.2, -0.15) is 0 Å². The topological polar surface area (TPSA) is 54.0 Å². The maximum atomic E-state index is 12.9. The van der Waals surface area contributed by atoms with Crippen LogP contribution in [-0.4, -0.2) is 17.4 Å². The van der Waals surface area contributed by atoms with E-state index in [1.807, 2.05) is 24.3 Å². The maximum Gasteiger partial charge on any atom is 0.257 e. The number of nitrogens with one attached hydrogen (secondary N) is 2. The molecule has 0 aliphatic carbocycles. The van der Waals surface area contributed by atoms with E-state index in [2.05, 4.69) is 29.5 Å². The number of anilines is 2. The molecule has 5 heteroatoms. The maximum absolute atomic E-state index is 12.9. The molecule has 0 aliphatic heterocycles. The lowest BCUT2D eigenvalue weighted by molar-refractivity contribution is 0.102. The van der Waals surface area contributed by atoms with E-state index >= 15 is 0 Å². The highest BCUT2D eigenvalue weighted by Gasteiger charge is 2.08. The molecule has 1 heterocycles. The first-order chi connectivity index (χ1) is 13.5. The average molecular weight is 377 g/mol. The van der Waals surface area contributed by atoms with E-state index in [0.717, 1.165) is 23.4 Å². The van der Waals surface area contributed by atoms with Gasteiger partial charge in [-0.05, 0) is 53.8 Å². The number of nitrogens with zero attached hydrogens (tertiary/aromatic N) is 1. The van der Waals surface area contributed by atoms with E-state index in [1.54, 1.807) is 30.6 Å². The van der Waals surface area contributed by atoms with Crippen molar-refractivity contribution in [1.29, 1.82) is 0 Å². The molecule has 0 fully saturated rings. The van der Waals surface area contributed by atoms with Crippen LogP contribution in [0.5, 0.6) is 0 Å². The molecule has 0 atom stereocenters. The van der Waals surface area contributed by atoms with Crippen LogP contribution < -0.4 is 10.6 Å². The fourth-order valence-electron chi connectivity index (χ4n) is 2.82. The number of halogens is 1. The molecule has 2 N–H and O–H groups in total. The van der Waals surface area contributed by atoms with Crippen LogP contribution in [0.2, 0.25) is 0 Å². The summed E-state index contributed by atoms with van der Waals surface area (Å²) in [7, 11) is 0. The minimum Gasteiger partial charge on any atom is -0.383 e. The number of amides is 1. The van der Waals surface area contributed by atoms with Crippen LogP contribution in [-0.2, 0) is 6.42 Å². The normalized spacial score (nSPS) is 10.7. The van der Waals surface area contributed by atoms with Gasteiger partial charge in [-0.25, -0.2) is 4.39 Å². The van der Waals surface area contributed by atoms with E-state index in [1.165, 1.54) is 17.7 Å². The molecule has 0 bridgehead atoms. The van der Waals surface area contributed by atoms with Gasteiger partial charge in [-0.3, -0.25) is 9.78 Å². The summed E-state index contributed by atoms with van der Waals surface area (Å²) in [5, 5.41) is 6.15. The number of carbonyl (C=O) groups excluding carboxylic acids is 1. The Morgan fingerprint density at radius 2 is 1.71 bits per heavy atom. The monoisotopic (exact) mass is 377 g/mol. The zero-order valence-corrected chi connectivity index (χ0v) is 16.1. The summed E-state index contributed by atoms with van der Waals surface area (Å²) in [5.41, 5.74) is 4.28. The van der Waals surface area contributed by atoms with Gasteiger partial charge in [-0.1, -0.05) is 38.1 Å². The molecular weight excluding hydrogens is 353 g/mol. The Morgan fingerprint density at radius 1 is 1.00 bits per heavy atom. The summed E-state index contributed by atoms with van der Waals surface area (Å²) < 4.78 is 12.9. The van der Waals surface area contributed by atoms with Crippen LogP contribution >= 0.6 is 0 Å². The molecule has 28 heavy (non-hydrogen) atoms. The lowest BCUT2D eigenvalue weighted by Crippen LogP contribution is -2.13. The van der Waals surface area contributed by atoms with Crippen LogP contribution in [0.15, 0.2) is 67.0 Å². The number of hydrogen-bond acceptors (Lipinski definition) is 3. The van der Waals surface area contributed by atoms with Crippen LogP contribution in [0.1, 0.15) is 41.3 Å². The molecule has 144 valence electrons. The predicted octanol–water partition coefficient (Wildman–Crippen LogP) is 5.25. The Hall–Kier alpha value is -3.21. The van der Waals surface area contributed by atoms with E-state index in [4.69, 9.17) is 0 Å². The van der Waals surface area contributed by atoms with Crippen molar-refractivity contribution in [3.63, 3.8) is 0 Å². The molecule has 3 aromatic rings. The Kier molecular flexibility index (Phi) is 6.37. The first-order valence-electron chi connectivity index (χ1n) is 9.36. The summed E-state index contributed by atoms with van der Waals surface area (Å²) in [5.74, 6) is 0.0112. The lowest BCUT2D eigenvalue weighted by atomic mass is 10.0. The van der Waals surface area contributed by atoms with Crippen molar-refractivity contribution in [1.82, 2.24) is 4.98 Å². The number of aromatic nitrogens is 1. The van der Waals surface area contributed by atoms with Crippen LogP contribution in [0.25, 0.3) is 0 Å². The second-order valence-corrected chi connectivity index (χ2v) is 7.00. The molecule has 1 aromatic heterocycles. The standard InChI is InChI=1S/C23H24FN3O/c1-16(2)18-5-9-21(10-6-18)27-23(28)19-13-22(15-25-14-19)26-12-11-17-3-7-20(24)8-4-17/h3-10,13-16,26H,11-12H2,1-2H3,(H,27,28). The van der Waals surface area contributed by atoms with Gasteiger partial charge in [-0.15, -0.1) is 0 Å². The van der Waals surface area contributed by atoms with E-state index in [0.29, 0.717) is 18.0 Å². The minimum atomic E-state index is -0.238. The Bertz CT molecular complexity index is 921. The summed E-state index contributed by atoms with van der Waals surface area (Å²) >= 11 is 0. The Morgan fingerprint density at radius 3 is 2.39 bits per heavy atom. The van der Waals surface area contributed by atoms with Crippen molar-refractivity contribution >= 4 is 17.3 Å². The van der Waals surface area contributed by atoms with Crippen molar-refractivity contribution in [2.75, 3.05) is 17.2 Å². The molecule has 0 aliphatic rings. The largest absolute Gasteiger partial charge is 0.383 e. The van der Waals surface area contributed by atoms with Gasteiger partial charge in [0.1, 0.15) is 5.82 Å². The first kappa shape index (κ1) is 19.5. The third kappa shape index (κ3) is 5.39. The van der Waals surface area contributed by atoms with Gasteiger partial charge in [0.15, 0.2) is 0 Å². The highest BCUT2D eigenvalue weighted by molar-refractivity contribution is 6.04. The Labute approximate surface area is 164 Å². The van der Waals surface area contributed by atoms with E-state index < -0.39 is 0 Å². The summed E-state index contributed by atoms with van der Waals surface area (Å²) in [6.07, 6.45) is 3.97. The fraction of sp³-hybridized carbons (Fsp3) is 0.217. The highest BCUT2D eigenvalue weighted by atomic mass is 19.1. The molecule has 3 rings (SSSR count). The number of pyridine rings is 1. The first-order valence-corrected chi connectivity index (χ1v) is 9.36. The molecule has 0 saturated carbocycles. The molecular formula is C23H24FN3O. The fourth-order valence-corrected chi connectivity index (χ4v) is 2.82. The van der Waals surface area contributed by atoms with Gasteiger partial charge in [0, 0.05) is 24.6 Å². The second kappa shape index (κ2) is 9.13. The third-order valence-electron chi connectivity index (χ3n) is 4.49. The number of benzene rings is 2. The van der Waals surface area contributed by atoms with Crippen molar-refractivity contribution in [2.24, 2.45) is 0 Å². The van der Waals surface area contributed by atoms with Crippen molar-refractivity contribution in [2.45, 2.75) is 26.2 Å². The smallest absolute Gasteiger partial charge is 0.257 e. The second-order valence-electron chi connectivity index (χ2n) is 7.00. The third-order valence-corrected chi connectivity index (χ3v) is 4.49. The number of rotatable bonds is 7. The summed E-state index contributed by atoms with van der Waals surface area (Å²) in [6.45, 7) is 4.93. The van der Waals surface area contributed by atoms with Gasteiger partial charge in [0.2, 0.25) is 0 Å². The van der Waals surface area contributed by atoms with Gasteiger partial charge in [0.05, 0.1) is 11.3 Å². The predicted molar refractivity (Wildman–Crippen MR) is 111 cm³/mol. The lowest BCUT2D eigenvalue weighted by Gasteiger charge is -2.10. The van der Waals surface area contributed by atoms with Crippen LogP contribution in [0.3, 0.4) is 0 Å². The zero-order valence-electron chi connectivity index (χ0n) is 16.1. The molecule has 0 radical (unpaired) electrons. The van der Waals surface area contributed by atoms with Crippen molar-refractivity contribution in [3.8, 4) is 0 Å². The minimum absolute atomic E-state index is 0.202. The SMILES string of the molecule is CC(C)c1ccc(NC(=O)c2cncc(NCCc3ccc(F)cc3)c2)cc1. The number of carbonyl (C=O) groups is 1.